The number of rotatable bonds is 2. The van der Waals surface area contributed by atoms with Crippen LogP contribution in [-0.2, 0) is 12.8 Å². The van der Waals surface area contributed by atoms with Gasteiger partial charge >= 0.3 is 0 Å². The van der Waals surface area contributed by atoms with Crippen LogP contribution in [0.5, 0.6) is 5.75 Å². The molecule has 0 amide bonds. The molecule has 1 unspecified atom stereocenters. The Morgan fingerprint density at radius 2 is 1.90 bits per heavy atom. The molecule has 100 valence electrons. The van der Waals surface area contributed by atoms with Crippen molar-refractivity contribution < 1.29 is 4.74 Å². The highest BCUT2D eigenvalue weighted by molar-refractivity contribution is 9.10. The van der Waals surface area contributed by atoms with E-state index in [1.807, 2.05) is 42.5 Å². The second-order valence-corrected chi connectivity index (χ2v) is 6.09. The van der Waals surface area contributed by atoms with Gasteiger partial charge in [0.2, 0.25) is 0 Å². The van der Waals surface area contributed by atoms with Crippen LogP contribution in [0.1, 0.15) is 11.1 Å². The van der Waals surface area contributed by atoms with Crippen molar-refractivity contribution >= 4 is 15.9 Å². The number of hydrogen-bond acceptors (Lipinski definition) is 2. The molecule has 0 saturated heterocycles. The lowest BCUT2D eigenvalue weighted by Crippen LogP contribution is -2.35. The highest BCUT2D eigenvalue weighted by Crippen LogP contribution is 2.37. The van der Waals surface area contributed by atoms with Crippen molar-refractivity contribution in [3.05, 3.63) is 64.1 Å². The van der Waals surface area contributed by atoms with Crippen LogP contribution in [0.3, 0.4) is 0 Å². The zero-order chi connectivity index (χ0) is 14.0. The first-order valence-corrected chi connectivity index (χ1v) is 7.37. The molecule has 0 N–H and O–H groups in total. The number of halogens is 1. The van der Waals surface area contributed by atoms with E-state index in [1.165, 1.54) is 0 Å². The first kappa shape index (κ1) is 13.2. The lowest BCUT2D eigenvalue weighted by Gasteiger charge is -2.32. The van der Waals surface area contributed by atoms with E-state index >= 15 is 0 Å². The van der Waals surface area contributed by atoms with Gasteiger partial charge in [-0.1, -0.05) is 52.3 Å². The first-order valence-electron chi connectivity index (χ1n) is 6.58. The zero-order valence-electron chi connectivity index (χ0n) is 11.0. The minimum absolute atomic E-state index is 0.446. The van der Waals surface area contributed by atoms with Crippen molar-refractivity contribution in [2.45, 2.75) is 12.8 Å². The molecule has 1 heterocycles. The number of fused-ring (bicyclic) bond motifs is 1. The normalized spacial score (nSPS) is 20.6. The Balaban J connectivity index is 1.91. The molecule has 20 heavy (non-hydrogen) atoms. The molecule has 0 aromatic heterocycles. The Morgan fingerprint density at radius 1 is 1.15 bits per heavy atom. The van der Waals surface area contributed by atoms with E-state index in [1.54, 1.807) is 0 Å². The van der Waals surface area contributed by atoms with Crippen LogP contribution >= 0.6 is 15.9 Å². The highest BCUT2D eigenvalue weighted by Gasteiger charge is 2.36. The molecule has 2 aromatic carbocycles. The van der Waals surface area contributed by atoms with E-state index in [9.17, 15) is 5.26 Å². The molecule has 0 fully saturated rings. The molecule has 0 radical (unpaired) electrons. The SMILES string of the molecule is N#CC1(Cc2ccccc2Br)COc2ccccc2C1. The van der Waals surface area contributed by atoms with Crippen LogP contribution < -0.4 is 4.74 Å². The van der Waals surface area contributed by atoms with Crippen LogP contribution in [0.25, 0.3) is 0 Å². The van der Waals surface area contributed by atoms with Gasteiger partial charge in [-0.2, -0.15) is 5.26 Å². The standard InChI is InChI=1S/C17H14BrNO/c18-15-7-3-1-5-13(15)9-17(11-19)10-14-6-2-4-8-16(14)20-12-17/h1-8H,9-10,12H2. The molecule has 3 heteroatoms. The lowest BCUT2D eigenvalue weighted by molar-refractivity contribution is 0.169. The summed E-state index contributed by atoms with van der Waals surface area (Å²) in [4.78, 5) is 0. The van der Waals surface area contributed by atoms with Gasteiger partial charge in [0.05, 0.1) is 11.5 Å². The summed E-state index contributed by atoms with van der Waals surface area (Å²) in [5.74, 6) is 0.908. The quantitative estimate of drug-likeness (QED) is 0.830. The van der Waals surface area contributed by atoms with E-state index in [0.717, 1.165) is 27.8 Å². The first-order chi connectivity index (χ1) is 9.72. The fourth-order valence-corrected chi connectivity index (χ4v) is 3.08. The third-order valence-electron chi connectivity index (χ3n) is 3.73. The molecule has 0 spiro atoms. The number of ether oxygens (including phenoxy) is 1. The highest BCUT2D eigenvalue weighted by atomic mass is 79.9. The number of nitriles is 1. The molecule has 1 aliphatic rings. The van der Waals surface area contributed by atoms with Gasteiger partial charge in [0, 0.05) is 4.47 Å². The van der Waals surface area contributed by atoms with Gasteiger partial charge in [0.15, 0.2) is 0 Å². The predicted octanol–water partition coefficient (Wildman–Crippen LogP) is 4.14. The van der Waals surface area contributed by atoms with Crippen molar-refractivity contribution in [1.82, 2.24) is 0 Å². The maximum Gasteiger partial charge on any atom is 0.122 e. The topological polar surface area (TPSA) is 33.0 Å². The molecule has 2 nitrogen and oxygen atoms in total. The fourth-order valence-electron chi connectivity index (χ4n) is 2.65. The smallest absolute Gasteiger partial charge is 0.122 e. The summed E-state index contributed by atoms with van der Waals surface area (Å²) in [6, 6.07) is 18.5. The van der Waals surface area contributed by atoms with Crippen molar-refractivity contribution in [3.8, 4) is 11.8 Å². The predicted molar refractivity (Wildman–Crippen MR) is 81.5 cm³/mol. The maximum absolute atomic E-state index is 9.67. The second-order valence-electron chi connectivity index (χ2n) is 5.23. The summed E-state index contributed by atoms with van der Waals surface area (Å²) >= 11 is 3.56. The Bertz CT molecular complexity index is 677. The van der Waals surface area contributed by atoms with Gasteiger partial charge in [-0.05, 0) is 36.1 Å². The lowest BCUT2D eigenvalue weighted by atomic mass is 9.77. The van der Waals surface area contributed by atoms with Gasteiger partial charge in [-0.15, -0.1) is 0 Å². The largest absolute Gasteiger partial charge is 0.492 e. The summed E-state index contributed by atoms with van der Waals surface area (Å²) in [7, 11) is 0. The van der Waals surface area contributed by atoms with Gasteiger partial charge < -0.3 is 4.74 Å². The summed E-state index contributed by atoms with van der Waals surface area (Å²) in [5.41, 5.74) is 1.78. The molecule has 0 bridgehead atoms. The van der Waals surface area contributed by atoms with Crippen LogP contribution in [0.2, 0.25) is 0 Å². The number of para-hydroxylation sites is 1. The van der Waals surface area contributed by atoms with Crippen molar-refractivity contribution in [2.24, 2.45) is 5.41 Å². The average molecular weight is 328 g/mol. The summed E-state index contributed by atoms with van der Waals surface area (Å²) in [5, 5.41) is 9.67. The monoisotopic (exact) mass is 327 g/mol. The molecule has 1 aliphatic heterocycles. The van der Waals surface area contributed by atoms with E-state index in [4.69, 9.17) is 4.74 Å². The number of nitrogens with zero attached hydrogens (tertiary/aromatic N) is 1. The van der Waals surface area contributed by atoms with E-state index < -0.39 is 5.41 Å². The van der Waals surface area contributed by atoms with E-state index in [2.05, 4.69) is 28.1 Å². The van der Waals surface area contributed by atoms with Gasteiger partial charge in [-0.25, -0.2) is 0 Å². The van der Waals surface area contributed by atoms with E-state index in [-0.39, 0.29) is 0 Å². The molecule has 2 aromatic rings. The third kappa shape index (κ3) is 2.44. The van der Waals surface area contributed by atoms with Gasteiger partial charge in [0.1, 0.15) is 12.4 Å². The third-order valence-corrected chi connectivity index (χ3v) is 4.50. The van der Waals surface area contributed by atoms with Gasteiger partial charge in [-0.3, -0.25) is 0 Å². The molecule has 0 saturated carbocycles. The summed E-state index contributed by atoms with van der Waals surface area (Å²) in [6.45, 7) is 0.446. The second kappa shape index (κ2) is 5.30. The molecular weight excluding hydrogens is 314 g/mol. The molecule has 0 aliphatic carbocycles. The Kier molecular flexibility index (Phi) is 3.50. The fraction of sp³-hybridized carbons (Fsp3) is 0.235. The minimum Gasteiger partial charge on any atom is -0.492 e. The molecule has 1 atom stereocenters. The average Bonchev–Trinajstić information content (AvgIpc) is 2.49. The molecule has 3 rings (SSSR count). The van der Waals surface area contributed by atoms with Crippen molar-refractivity contribution in [3.63, 3.8) is 0 Å². The van der Waals surface area contributed by atoms with Crippen LogP contribution in [-0.4, -0.2) is 6.61 Å². The van der Waals surface area contributed by atoms with Crippen molar-refractivity contribution in [2.75, 3.05) is 6.61 Å². The van der Waals surface area contributed by atoms with Crippen LogP contribution in [0.15, 0.2) is 53.0 Å². The number of hydrogen-bond donors (Lipinski definition) is 0. The Hall–Kier alpha value is -1.79. The summed E-state index contributed by atoms with van der Waals surface area (Å²) < 4.78 is 6.85. The van der Waals surface area contributed by atoms with E-state index in [0.29, 0.717) is 13.0 Å². The maximum atomic E-state index is 9.67. The zero-order valence-corrected chi connectivity index (χ0v) is 12.6. The Labute approximate surface area is 127 Å². The Morgan fingerprint density at radius 3 is 2.70 bits per heavy atom. The minimum atomic E-state index is -0.488. The van der Waals surface area contributed by atoms with Crippen molar-refractivity contribution in [1.29, 1.82) is 5.26 Å². The molecular formula is C17H14BrNO. The van der Waals surface area contributed by atoms with Crippen LogP contribution in [0.4, 0.5) is 0 Å². The van der Waals surface area contributed by atoms with Crippen LogP contribution in [0, 0.1) is 16.7 Å². The van der Waals surface area contributed by atoms with Gasteiger partial charge in [0.25, 0.3) is 0 Å². The number of benzene rings is 2. The summed E-state index contributed by atoms with van der Waals surface area (Å²) in [6.07, 6.45) is 1.43.